The van der Waals surface area contributed by atoms with Crippen LogP contribution in [0.15, 0.2) is 36.7 Å². The normalized spacial score (nSPS) is 12.0. The molecule has 0 fully saturated rings. The smallest absolute Gasteiger partial charge is 0.253 e. The number of pyridine rings is 1. The van der Waals surface area contributed by atoms with Gasteiger partial charge in [0.2, 0.25) is 0 Å². The van der Waals surface area contributed by atoms with E-state index in [1.807, 2.05) is 0 Å². The van der Waals surface area contributed by atoms with E-state index in [9.17, 15) is 13.6 Å². The summed E-state index contributed by atoms with van der Waals surface area (Å²) < 4.78 is 26.1. The zero-order valence-corrected chi connectivity index (χ0v) is 11.3. The number of nitrogens with one attached hydrogen (secondary N) is 1. The SMILES string of the molecule is C[C@H](NC(=O)c1cc(F)c(F)cc1Cl)c1ccncc1. The highest BCUT2D eigenvalue weighted by atomic mass is 35.5. The van der Waals surface area contributed by atoms with Crippen LogP contribution in [-0.4, -0.2) is 10.9 Å². The molecule has 1 aromatic heterocycles. The summed E-state index contributed by atoms with van der Waals surface area (Å²) in [5.41, 5.74) is 0.735. The van der Waals surface area contributed by atoms with Crippen LogP contribution in [0, 0.1) is 11.6 Å². The molecule has 0 bridgehead atoms. The number of hydrogen-bond acceptors (Lipinski definition) is 2. The molecule has 0 radical (unpaired) electrons. The third-order valence-electron chi connectivity index (χ3n) is 2.81. The fourth-order valence-electron chi connectivity index (χ4n) is 1.71. The molecule has 104 valence electrons. The Hall–Kier alpha value is -2.01. The highest BCUT2D eigenvalue weighted by molar-refractivity contribution is 6.33. The van der Waals surface area contributed by atoms with Crippen molar-refractivity contribution < 1.29 is 13.6 Å². The molecule has 0 saturated heterocycles. The van der Waals surface area contributed by atoms with Gasteiger partial charge in [-0.25, -0.2) is 8.78 Å². The molecule has 1 aromatic carbocycles. The Kier molecular flexibility index (Phi) is 4.29. The van der Waals surface area contributed by atoms with E-state index in [0.29, 0.717) is 0 Å². The summed E-state index contributed by atoms with van der Waals surface area (Å²) in [4.78, 5) is 15.9. The van der Waals surface area contributed by atoms with Crippen LogP contribution < -0.4 is 5.32 Å². The molecule has 6 heteroatoms. The zero-order valence-electron chi connectivity index (χ0n) is 10.5. The maximum Gasteiger partial charge on any atom is 0.253 e. The minimum Gasteiger partial charge on any atom is -0.345 e. The molecular weight excluding hydrogens is 286 g/mol. The predicted octanol–water partition coefficient (Wildman–Crippen LogP) is 3.50. The Bertz CT molecular complexity index is 635. The van der Waals surface area contributed by atoms with Gasteiger partial charge in [-0.1, -0.05) is 11.6 Å². The number of halogens is 3. The molecule has 0 aliphatic rings. The maximum atomic E-state index is 13.2. The predicted molar refractivity (Wildman–Crippen MR) is 71.5 cm³/mol. The lowest BCUT2D eigenvalue weighted by atomic mass is 10.1. The van der Waals surface area contributed by atoms with E-state index in [1.165, 1.54) is 0 Å². The largest absolute Gasteiger partial charge is 0.345 e. The van der Waals surface area contributed by atoms with Crippen LogP contribution in [0.3, 0.4) is 0 Å². The number of carbonyl (C=O) groups is 1. The highest BCUT2D eigenvalue weighted by Crippen LogP contribution is 2.21. The molecule has 2 rings (SSSR count). The number of benzene rings is 1. The number of amides is 1. The van der Waals surface area contributed by atoms with E-state index in [0.717, 1.165) is 17.7 Å². The minimum absolute atomic E-state index is 0.105. The van der Waals surface area contributed by atoms with Crippen LogP contribution in [0.4, 0.5) is 8.78 Å². The summed E-state index contributed by atoms with van der Waals surface area (Å²) in [6.45, 7) is 1.76. The molecule has 0 aliphatic carbocycles. The van der Waals surface area contributed by atoms with Gasteiger partial charge < -0.3 is 5.32 Å². The monoisotopic (exact) mass is 296 g/mol. The van der Waals surface area contributed by atoms with E-state index in [4.69, 9.17) is 11.6 Å². The second kappa shape index (κ2) is 5.96. The number of rotatable bonds is 3. The molecule has 2 aromatic rings. The lowest BCUT2D eigenvalue weighted by Gasteiger charge is -2.14. The first-order chi connectivity index (χ1) is 9.49. The van der Waals surface area contributed by atoms with Crippen molar-refractivity contribution in [2.45, 2.75) is 13.0 Å². The molecule has 0 spiro atoms. The van der Waals surface area contributed by atoms with E-state index < -0.39 is 17.5 Å². The van der Waals surface area contributed by atoms with E-state index >= 15 is 0 Å². The summed E-state index contributed by atoms with van der Waals surface area (Å²) >= 11 is 5.75. The summed E-state index contributed by atoms with van der Waals surface area (Å²) in [6.07, 6.45) is 3.20. The van der Waals surface area contributed by atoms with E-state index in [-0.39, 0.29) is 16.6 Å². The molecule has 1 heterocycles. The van der Waals surface area contributed by atoms with Gasteiger partial charge in [0.15, 0.2) is 11.6 Å². The van der Waals surface area contributed by atoms with Crippen LogP contribution >= 0.6 is 11.6 Å². The second-order valence-electron chi connectivity index (χ2n) is 4.22. The van der Waals surface area contributed by atoms with Crippen molar-refractivity contribution in [1.29, 1.82) is 0 Å². The van der Waals surface area contributed by atoms with Gasteiger partial charge >= 0.3 is 0 Å². The first-order valence-electron chi connectivity index (χ1n) is 5.84. The van der Waals surface area contributed by atoms with Crippen molar-refractivity contribution in [3.63, 3.8) is 0 Å². The number of aromatic nitrogens is 1. The Labute approximate surface area is 119 Å². The lowest BCUT2D eigenvalue weighted by molar-refractivity contribution is 0.0939. The van der Waals surface area contributed by atoms with Gasteiger partial charge in [0.1, 0.15) is 0 Å². The van der Waals surface area contributed by atoms with Gasteiger partial charge in [0.05, 0.1) is 16.6 Å². The van der Waals surface area contributed by atoms with Crippen molar-refractivity contribution in [1.82, 2.24) is 10.3 Å². The topological polar surface area (TPSA) is 42.0 Å². The number of carbonyl (C=O) groups excluding carboxylic acids is 1. The van der Waals surface area contributed by atoms with Crippen molar-refractivity contribution >= 4 is 17.5 Å². The third kappa shape index (κ3) is 3.11. The number of nitrogens with zero attached hydrogens (tertiary/aromatic N) is 1. The Morgan fingerprint density at radius 2 is 1.85 bits per heavy atom. The summed E-state index contributed by atoms with van der Waals surface area (Å²) in [5, 5.41) is 2.52. The molecule has 20 heavy (non-hydrogen) atoms. The van der Waals surface area contributed by atoms with E-state index in [1.54, 1.807) is 31.5 Å². The van der Waals surface area contributed by atoms with Gasteiger partial charge in [0, 0.05) is 12.4 Å². The van der Waals surface area contributed by atoms with Crippen LogP contribution in [0.5, 0.6) is 0 Å². The molecule has 1 N–H and O–H groups in total. The summed E-state index contributed by atoms with van der Waals surface area (Å²) in [7, 11) is 0. The maximum absolute atomic E-state index is 13.2. The van der Waals surface area contributed by atoms with Crippen LogP contribution in [0.2, 0.25) is 5.02 Å². The third-order valence-corrected chi connectivity index (χ3v) is 3.12. The first-order valence-corrected chi connectivity index (χ1v) is 6.22. The van der Waals surface area contributed by atoms with Crippen LogP contribution in [0.1, 0.15) is 28.9 Å². The minimum atomic E-state index is -1.11. The Balaban J connectivity index is 2.19. The molecule has 0 aliphatic heterocycles. The van der Waals surface area contributed by atoms with Crippen molar-refractivity contribution in [2.24, 2.45) is 0 Å². The Morgan fingerprint density at radius 3 is 2.50 bits per heavy atom. The van der Waals surface area contributed by atoms with Gasteiger partial charge in [-0.15, -0.1) is 0 Å². The zero-order chi connectivity index (χ0) is 14.7. The second-order valence-corrected chi connectivity index (χ2v) is 4.63. The van der Waals surface area contributed by atoms with Crippen LogP contribution in [-0.2, 0) is 0 Å². The van der Waals surface area contributed by atoms with Crippen molar-refractivity contribution in [2.75, 3.05) is 0 Å². The van der Waals surface area contributed by atoms with Gasteiger partial charge in [-0.05, 0) is 36.8 Å². The number of hydrogen-bond donors (Lipinski definition) is 1. The van der Waals surface area contributed by atoms with Gasteiger partial charge in [-0.2, -0.15) is 0 Å². The van der Waals surface area contributed by atoms with Gasteiger partial charge in [0.25, 0.3) is 5.91 Å². The molecule has 0 unspecified atom stereocenters. The molecule has 3 nitrogen and oxygen atoms in total. The molecular formula is C14H11ClF2N2O. The van der Waals surface area contributed by atoms with E-state index in [2.05, 4.69) is 10.3 Å². The van der Waals surface area contributed by atoms with Crippen molar-refractivity contribution in [3.8, 4) is 0 Å². The lowest BCUT2D eigenvalue weighted by Crippen LogP contribution is -2.27. The highest BCUT2D eigenvalue weighted by Gasteiger charge is 2.17. The quantitative estimate of drug-likeness (QED) is 0.881. The Morgan fingerprint density at radius 1 is 1.25 bits per heavy atom. The molecule has 1 atom stereocenters. The fraction of sp³-hybridized carbons (Fsp3) is 0.143. The average Bonchev–Trinajstić information content (AvgIpc) is 2.43. The van der Waals surface area contributed by atoms with Gasteiger partial charge in [-0.3, -0.25) is 9.78 Å². The summed E-state index contributed by atoms with van der Waals surface area (Å²) in [6, 6.07) is 4.75. The molecule has 1 amide bonds. The fourth-order valence-corrected chi connectivity index (χ4v) is 1.94. The van der Waals surface area contributed by atoms with Crippen LogP contribution in [0.25, 0.3) is 0 Å². The standard InChI is InChI=1S/C14H11ClF2N2O/c1-8(9-2-4-18-5-3-9)19-14(20)10-6-12(16)13(17)7-11(10)15/h2-8H,1H3,(H,19,20)/t8-/m0/s1. The first kappa shape index (κ1) is 14.4. The molecule has 0 saturated carbocycles. The average molecular weight is 297 g/mol. The van der Waals surface area contributed by atoms with Crippen molar-refractivity contribution in [3.05, 3.63) is 64.4 Å². The summed E-state index contributed by atoms with van der Waals surface area (Å²) in [5.74, 6) is -2.77.